The molecule has 0 spiro atoms. The molecule has 1 unspecified atom stereocenters. The topological polar surface area (TPSA) is 12.0 Å². The minimum absolute atomic E-state index is 0.0463. The van der Waals surface area contributed by atoms with E-state index in [0.29, 0.717) is 12.1 Å². The lowest BCUT2D eigenvalue weighted by atomic mass is 10.1. The van der Waals surface area contributed by atoms with E-state index in [9.17, 15) is 8.78 Å². The summed E-state index contributed by atoms with van der Waals surface area (Å²) in [7, 11) is 0. The summed E-state index contributed by atoms with van der Waals surface area (Å²) in [6.45, 7) is 2.34. The minimum atomic E-state index is -0.431. The standard InChI is InChI=1S/C15H14ClF2N/c1-10(11-4-2-6-13(17)8-11)19-9-12-5-3-7-14(18)15(12)16/h2-8,10,19H,9H2,1H3. The summed E-state index contributed by atoms with van der Waals surface area (Å²) in [5.74, 6) is -0.700. The second kappa shape index (κ2) is 6.13. The van der Waals surface area contributed by atoms with Gasteiger partial charge in [-0.15, -0.1) is 0 Å². The Bertz CT molecular complexity index is 572. The molecule has 0 aliphatic heterocycles. The van der Waals surface area contributed by atoms with Crippen LogP contribution in [0.5, 0.6) is 0 Å². The molecule has 2 rings (SSSR count). The van der Waals surface area contributed by atoms with Gasteiger partial charge in [-0.3, -0.25) is 0 Å². The van der Waals surface area contributed by atoms with Crippen LogP contribution in [0.15, 0.2) is 42.5 Å². The third-order valence-electron chi connectivity index (χ3n) is 2.98. The van der Waals surface area contributed by atoms with E-state index in [4.69, 9.17) is 11.6 Å². The third-order valence-corrected chi connectivity index (χ3v) is 3.40. The first-order chi connectivity index (χ1) is 9.08. The van der Waals surface area contributed by atoms with Gasteiger partial charge < -0.3 is 5.32 Å². The molecule has 0 fully saturated rings. The van der Waals surface area contributed by atoms with E-state index >= 15 is 0 Å². The zero-order valence-corrected chi connectivity index (χ0v) is 11.2. The summed E-state index contributed by atoms with van der Waals surface area (Å²) < 4.78 is 26.4. The Morgan fingerprint density at radius 2 is 1.89 bits per heavy atom. The van der Waals surface area contributed by atoms with Gasteiger partial charge in [0.15, 0.2) is 0 Å². The lowest BCUT2D eigenvalue weighted by Crippen LogP contribution is -2.18. The van der Waals surface area contributed by atoms with Crippen LogP contribution in [-0.4, -0.2) is 0 Å². The van der Waals surface area contributed by atoms with Gasteiger partial charge in [-0.05, 0) is 36.2 Å². The Morgan fingerprint density at radius 3 is 2.63 bits per heavy atom. The third kappa shape index (κ3) is 3.52. The van der Waals surface area contributed by atoms with Crippen LogP contribution < -0.4 is 5.32 Å². The molecule has 100 valence electrons. The average Bonchev–Trinajstić information content (AvgIpc) is 2.40. The van der Waals surface area contributed by atoms with Gasteiger partial charge in [0.25, 0.3) is 0 Å². The first-order valence-electron chi connectivity index (χ1n) is 5.99. The van der Waals surface area contributed by atoms with Gasteiger partial charge in [0.2, 0.25) is 0 Å². The Labute approximate surface area is 116 Å². The monoisotopic (exact) mass is 281 g/mol. The highest BCUT2D eigenvalue weighted by molar-refractivity contribution is 6.31. The summed E-state index contributed by atoms with van der Waals surface area (Å²) in [4.78, 5) is 0. The Morgan fingerprint density at radius 1 is 1.16 bits per heavy atom. The second-order valence-electron chi connectivity index (χ2n) is 4.37. The van der Waals surface area contributed by atoms with Gasteiger partial charge in [0.05, 0.1) is 5.02 Å². The zero-order chi connectivity index (χ0) is 13.8. The van der Waals surface area contributed by atoms with Crippen molar-refractivity contribution in [2.24, 2.45) is 0 Å². The molecule has 1 N–H and O–H groups in total. The summed E-state index contributed by atoms with van der Waals surface area (Å²) >= 11 is 5.87. The van der Waals surface area contributed by atoms with E-state index in [-0.39, 0.29) is 16.9 Å². The molecule has 1 atom stereocenters. The number of hydrogen-bond acceptors (Lipinski definition) is 1. The van der Waals surface area contributed by atoms with Crippen molar-refractivity contribution >= 4 is 11.6 Å². The maximum atomic E-state index is 13.3. The minimum Gasteiger partial charge on any atom is -0.306 e. The molecule has 0 aliphatic rings. The van der Waals surface area contributed by atoms with Crippen molar-refractivity contribution in [1.29, 1.82) is 0 Å². The maximum Gasteiger partial charge on any atom is 0.142 e. The van der Waals surface area contributed by atoms with Gasteiger partial charge >= 0.3 is 0 Å². The molecule has 0 bridgehead atoms. The van der Waals surface area contributed by atoms with Crippen molar-refractivity contribution in [2.45, 2.75) is 19.5 Å². The number of halogens is 3. The SMILES string of the molecule is CC(NCc1cccc(F)c1Cl)c1cccc(F)c1. The largest absolute Gasteiger partial charge is 0.306 e. The lowest BCUT2D eigenvalue weighted by Gasteiger charge is -2.15. The normalized spacial score (nSPS) is 12.4. The molecular formula is C15H14ClF2N. The first-order valence-corrected chi connectivity index (χ1v) is 6.37. The summed E-state index contributed by atoms with van der Waals surface area (Å²) in [5, 5.41) is 3.32. The van der Waals surface area contributed by atoms with Crippen molar-refractivity contribution in [3.05, 3.63) is 70.2 Å². The molecule has 2 aromatic rings. The van der Waals surface area contributed by atoms with E-state index in [1.165, 1.54) is 18.2 Å². The van der Waals surface area contributed by atoms with Crippen molar-refractivity contribution in [2.75, 3.05) is 0 Å². The van der Waals surface area contributed by atoms with Gasteiger partial charge in [-0.1, -0.05) is 35.9 Å². The van der Waals surface area contributed by atoms with Crippen molar-refractivity contribution in [3.8, 4) is 0 Å². The van der Waals surface area contributed by atoms with Crippen LogP contribution in [0.2, 0.25) is 5.02 Å². The number of rotatable bonds is 4. The van der Waals surface area contributed by atoms with E-state index < -0.39 is 5.82 Å². The van der Waals surface area contributed by atoms with Crippen molar-refractivity contribution in [3.63, 3.8) is 0 Å². The Hall–Kier alpha value is -1.45. The molecule has 0 saturated carbocycles. The van der Waals surface area contributed by atoms with E-state index in [2.05, 4.69) is 5.32 Å². The van der Waals surface area contributed by atoms with Crippen LogP contribution >= 0.6 is 11.6 Å². The number of benzene rings is 2. The zero-order valence-electron chi connectivity index (χ0n) is 10.5. The van der Waals surface area contributed by atoms with Crippen molar-refractivity contribution in [1.82, 2.24) is 5.32 Å². The molecule has 1 nitrogen and oxygen atoms in total. The highest BCUT2D eigenvalue weighted by atomic mass is 35.5. The van der Waals surface area contributed by atoms with E-state index in [0.717, 1.165) is 5.56 Å². The first kappa shape index (κ1) is 14.0. The molecule has 0 heterocycles. The predicted octanol–water partition coefficient (Wildman–Crippen LogP) is 4.47. The highest BCUT2D eigenvalue weighted by Gasteiger charge is 2.09. The second-order valence-corrected chi connectivity index (χ2v) is 4.75. The molecule has 19 heavy (non-hydrogen) atoms. The van der Waals surface area contributed by atoms with Crippen LogP contribution in [0.25, 0.3) is 0 Å². The molecule has 0 saturated heterocycles. The van der Waals surface area contributed by atoms with Crippen LogP contribution in [0.1, 0.15) is 24.1 Å². The fourth-order valence-electron chi connectivity index (χ4n) is 1.84. The Balaban J connectivity index is 2.04. The highest BCUT2D eigenvalue weighted by Crippen LogP contribution is 2.21. The fraction of sp³-hybridized carbons (Fsp3) is 0.200. The van der Waals surface area contributed by atoms with E-state index in [1.807, 2.05) is 13.0 Å². The number of nitrogens with one attached hydrogen (secondary N) is 1. The average molecular weight is 282 g/mol. The van der Waals surface area contributed by atoms with Crippen LogP contribution in [0.4, 0.5) is 8.78 Å². The maximum absolute atomic E-state index is 13.3. The smallest absolute Gasteiger partial charge is 0.142 e. The van der Waals surface area contributed by atoms with Crippen molar-refractivity contribution < 1.29 is 8.78 Å². The summed E-state index contributed by atoms with van der Waals surface area (Å²) in [6, 6.07) is 11.0. The molecule has 0 aromatic heterocycles. The number of hydrogen-bond donors (Lipinski definition) is 1. The van der Waals surface area contributed by atoms with Gasteiger partial charge in [-0.25, -0.2) is 8.78 Å². The molecule has 2 aromatic carbocycles. The van der Waals surface area contributed by atoms with Gasteiger partial charge in [0.1, 0.15) is 11.6 Å². The van der Waals surface area contributed by atoms with Gasteiger partial charge in [-0.2, -0.15) is 0 Å². The molecule has 0 radical (unpaired) electrons. The fourth-order valence-corrected chi connectivity index (χ4v) is 2.03. The molecular weight excluding hydrogens is 268 g/mol. The molecule has 4 heteroatoms. The summed E-state index contributed by atoms with van der Waals surface area (Å²) in [6.07, 6.45) is 0. The quantitative estimate of drug-likeness (QED) is 0.872. The molecule has 0 aliphatic carbocycles. The summed E-state index contributed by atoms with van der Waals surface area (Å²) in [5.41, 5.74) is 1.53. The Kier molecular flexibility index (Phi) is 4.51. The lowest BCUT2D eigenvalue weighted by molar-refractivity contribution is 0.561. The predicted molar refractivity (Wildman–Crippen MR) is 73.1 cm³/mol. The van der Waals surface area contributed by atoms with Gasteiger partial charge in [0, 0.05) is 12.6 Å². The van der Waals surface area contributed by atoms with Crippen LogP contribution in [0.3, 0.4) is 0 Å². The van der Waals surface area contributed by atoms with Crippen LogP contribution in [-0.2, 0) is 6.54 Å². The molecule has 0 amide bonds. The van der Waals surface area contributed by atoms with E-state index in [1.54, 1.807) is 18.2 Å². The van der Waals surface area contributed by atoms with Crippen LogP contribution in [0, 0.1) is 11.6 Å².